The maximum absolute atomic E-state index is 6.46. The van der Waals surface area contributed by atoms with Gasteiger partial charge in [0.05, 0.1) is 17.1 Å². The van der Waals surface area contributed by atoms with Gasteiger partial charge in [0.1, 0.15) is 17.0 Å². The maximum Gasteiger partial charge on any atom is 0.144 e. The molecule has 3 heterocycles. The number of allylic oxidation sites excluding steroid dienone is 2. The Morgan fingerprint density at radius 3 is 1.91 bits per heavy atom. The third kappa shape index (κ3) is 5.03. The number of aryl methyl sites for hydroxylation is 1. The molecule has 0 aliphatic carbocycles. The normalized spacial score (nSPS) is 11.3. The molecule has 0 aliphatic heterocycles. The van der Waals surface area contributed by atoms with E-state index in [1.165, 1.54) is 0 Å². The van der Waals surface area contributed by atoms with Gasteiger partial charge in [-0.25, -0.2) is 9.97 Å². The van der Waals surface area contributed by atoms with Crippen LogP contribution in [0.3, 0.4) is 0 Å². The summed E-state index contributed by atoms with van der Waals surface area (Å²) >= 11 is 0. The lowest BCUT2D eigenvalue weighted by Gasteiger charge is -2.16. The molecule has 0 saturated heterocycles. The molecule has 0 N–H and O–H groups in total. The Bertz CT molecular complexity index is 2130. The van der Waals surface area contributed by atoms with E-state index in [1.807, 2.05) is 67.7 Å². The van der Waals surface area contributed by atoms with Gasteiger partial charge in [-0.3, -0.25) is 4.98 Å². The van der Waals surface area contributed by atoms with Crippen molar-refractivity contribution in [3.63, 3.8) is 0 Å². The Kier molecular flexibility index (Phi) is 7.23. The molecule has 7 rings (SSSR count). The quantitative estimate of drug-likeness (QED) is 0.180. The van der Waals surface area contributed by atoms with E-state index in [0.717, 1.165) is 78.4 Å². The van der Waals surface area contributed by atoms with Crippen LogP contribution in [-0.4, -0.2) is 15.0 Å². The van der Waals surface area contributed by atoms with Crippen LogP contribution in [0.15, 0.2) is 151 Å². The lowest BCUT2D eigenvalue weighted by atomic mass is 9.96. The molecule has 210 valence electrons. The second-order valence-corrected chi connectivity index (χ2v) is 10.5. The number of aromatic nitrogens is 3. The van der Waals surface area contributed by atoms with Crippen molar-refractivity contribution < 1.29 is 4.42 Å². The summed E-state index contributed by atoms with van der Waals surface area (Å²) < 4.78 is 6.46. The van der Waals surface area contributed by atoms with Crippen LogP contribution < -0.4 is 0 Å². The highest BCUT2D eigenvalue weighted by molar-refractivity contribution is 6.00. The third-order valence-corrected chi connectivity index (χ3v) is 7.71. The molecule has 0 atom stereocenters. The second-order valence-electron chi connectivity index (χ2n) is 10.5. The molecule has 0 saturated carbocycles. The average molecular weight is 568 g/mol. The SMILES string of the molecule is C=C/C=C\c1c(C)oc2c(-c3nc(-c4ccccc4)c(-c4ccccc4)nc3-c3cccc(-c4cccnc4)c3)cccc12. The number of fused-ring (bicyclic) bond motifs is 1. The highest BCUT2D eigenvalue weighted by Gasteiger charge is 2.23. The minimum Gasteiger partial charge on any atom is -0.460 e. The Morgan fingerprint density at radius 2 is 1.23 bits per heavy atom. The molecule has 0 bridgehead atoms. The van der Waals surface area contributed by atoms with E-state index in [9.17, 15) is 0 Å². The largest absolute Gasteiger partial charge is 0.460 e. The van der Waals surface area contributed by atoms with E-state index in [1.54, 1.807) is 12.3 Å². The van der Waals surface area contributed by atoms with Crippen molar-refractivity contribution in [1.29, 1.82) is 0 Å². The van der Waals surface area contributed by atoms with Crippen LogP contribution in [0.5, 0.6) is 0 Å². The number of para-hydroxylation sites is 1. The highest BCUT2D eigenvalue weighted by atomic mass is 16.3. The maximum atomic E-state index is 6.46. The van der Waals surface area contributed by atoms with Gasteiger partial charge in [-0.05, 0) is 30.7 Å². The van der Waals surface area contributed by atoms with Crippen LogP contribution in [-0.2, 0) is 0 Å². The van der Waals surface area contributed by atoms with E-state index in [4.69, 9.17) is 14.4 Å². The third-order valence-electron chi connectivity index (χ3n) is 7.71. The van der Waals surface area contributed by atoms with E-state index < -0.39 is 0 Å². The van der Waals surface area contributed by atoms with Crippen molar-refractivity contribution in [3.8, 4) is 56.2 Å². The fourth-order valence-corrected chi connectivity index (χ4v) is 5.61. The van der Waals surface area contributed by atoms with Crippen molar-refractivity contribution in [2.75, 3.05) is 0 Å². The van der Waals surface area contributed by atoms with Gasteiger partial charge in [0, 0.05) is 51.2 Å². The summed E-state index contributed by atoms with van der Waals surface area (Å²) in [6, 6.07) is 39.2. The molecule has 3 aromatic heterocycles. The Hall–Kier alpha value is -5.87. The molecule has 0 aliphatic rings. The summed E-state index contributed by atoms with van der Waals surface area (Å²) in [4.78, 5) is 15.2. The Labute approximate surface area is 256 Å². The highest BCUT2D eigenvalue weighted by Crippen LogP contribution is 2.41. The van der Waals surface area contributed by atoms with Crippen molar-refractivity contribution in [2.24, 2.45) is 0 Å². The smallest absolute Gasteiger partial charge is 0.144 e. The molecule has 0 fully saturated rings. The number of benzene rings is 4. The van der Waals surface area contributed by atoms with Crippen molar-refractivity contribution in [3.05, 3.63) is 158 Å². The van der Waals surface area contributed by atoms with E-state index >= 15 is 0 Å². The zero-order valence-electron chi connectivity index (χ0n) is 24.3. The molecule has 44 heavy (non-hydrogen) atoms. The molecule has 4 heteroatoms. The van der Waals surface area contributed by atoms with Gasteiger partial charge < -0.3 is 4.42 Å². The van der Waals surface area contributed by atoms with Crippen molar-refractivity contribution >= 4 is 17.0 Å². The first kappa shape index (κ1) is 27.0. The number of pyridine rings is 1. The number of hydrogen-bond donors (Lipinski definition) is 0. The fraction of sp³-hybridized carbons (Fsp3) is 0.0250. The molecule has 0 spiro atoms. The molecule has 4 nitrogen and oxygen atoms in total. The summed E-state index contributed by atoms with van der Waals surface area (Å²) in [6.07, 6.45) is 9.41. The summed E-state index contributed by atoms with van der Waals surface area (Å²) in [5.41, 5.74) is 10.9. The molecule has 7 aromatic rings. The van der Waals surface area contributed by atoms with Gasteiger partial charge in [0.2, 0.25) is 0 Å². The number of nitrogens with zero attached hydrogens (tertiary/aromatic N) is 3. The molecular weight excluding hydrogens is 538 g/mol. The Balaban J connectivity index is 1.56. The van der Waals surface area contributed by atoms with Crippen LogP contribution in [0.25, 0.3) is 73.2 Å². The summed E-state index contributed by atoms with van der Waals surface area (Å²) in [7, 11) is 0. The monoisotopic (exact) mass is 567 g/mol. The van der Waals surface area contributed by atoms with Crippen LogP contribution in [0.1, 0.15) is 11.3 Å². The lowest BCUT2D eigenvalue weighted by Crippen LogP contribution is -2.01. The summed E-state index contributed by atoms with van der Waals surface area (Å²) in [6.45, 7) is 5.83. The second kappa shape index (κ2) is 11.8. The summed E-state index contributed by atoms with van der Waals surface area (Å²) in [5, 5.41) is 1.02. The minimum atomic E-state index is 0.755. The zero-order chi connectivity index (χ0) is 29.9. The van der Waals surface area contributed by atoms with Gasteiger partial charge in [-0.2, -0.15) is 0 Å². The molecule has 0 unspecified atom stereocenters. The first-order valence-electron chi connectivity index (χ1n) is 14.6. The van der Waals surface area contributed by atoms with Crippen molar-refractivity contribution in [2.45, 2.75) is 6.92 Å². The summed E-state index contributed by atoms with van der Waals surface area (Å²) in [5.74, 6) is 0.836. The van der Waals surface area contributed by atoms with Gasteiger partial charge in [-0.1, -0.05) is 122 Å². The molecular formula is C40H29N3O. The first-order valence-corrected chi connectivity index (χ1v) is 14.6. The van der Waals surface area contributed by atoms with Gasteiger partial charge >= 0.3 is 0 Å². The van der Waals surface area contributed by atoms with Gasteiger partial charge in [0.15, 0.2) is 0 Å². The Morgan fingerprint density at radius 1 is 0.614 bits per heavy atom. The van der Waals surface area contributed by atoms with Crippen LogP contribution in [0.2, 0.25) is 0 Å². The van der Waals surface area contributed by atoms with Crippen molar-refractivity contribution in [1.82, 2.24) is 15.0 Å². The standard InChI is InChI=1S/C40H29N3O/c1-3-4-21-33-27(2)44-40-34(33)22-12-23-35(40)39-38(31-19-11-18-30(25-31)32-20-13-24-41-26-32)42-36(28-14-7-5-8-15-28)37(43-39)29-16-9-6-10-17-29/h3-26H,1H2,2H3/b21-4-. The van der Waals surface area contributed by atoms with E-state index in [2.05, 4.69) is 84.4 Å². The number of hydrogen-bond acceptors (Lipinski definition) is 4. The van der Waals surface area contributed by atoms with Gasteiger partial charge in [0.25, 0.3) is 0 Å². The average Bonchev–Trinajstić information content (AvgIpc) is 3.42. The molecule has 0 radical (unpaired) electrons. The number of rotatable bonds is 7. The number of furan rings is 1. The topological polar surface area (TPSA) is 51.8 Å². The molecule has 0 amide bonds. The minimum absolute atomic E-state index is 0.755. The zero-order valence-corrected chi connectivity index (χ0v) is 24.3. The molecule has 4 aromatic carbocycles. The van der Waals surface area contributed by atoms with E-state index in [-0.39, 0.29) is 0 Å². The van der Waals surface area contributed by atoms with Gasteiger partial charge in [-0.15, -0.1) is 0 Å². The first-order chi connectivity index (χ1) is 21.7. The van der Waals surface area contributed by atoms with Crippen LogP contribution in [0, 0.1) is 6.92 Å². The predicted molar refractivity (Wildman–Crippen MR) is 181 cm³/mol. The fourth-order valence-electron chi connectivity index (χ4n) is 5.61. The predicted octanol–water partition coefficient (Wildman–Crippen LogP) is 10.5. The lowest BCUT2D eigenvalue weighted by molar-refractivity contribution is 0.578. The van der Waals surface area contributed by atoms with Crippen LogP contribution >= 0.6 is 0 Å². The van der Waals surface area contributed by atoms with E-state index in [0.29, 0.717) is 0 Å². The van der Waals surface area contributed by atoms with Crippen LogP contribution in [0.4, 0.5) is 0 Å².